The zero-order chi connectivity index (χ0) is 44.4. The van der Waals surface area contributed by atoms with Crippen LogP contribution in [0.2, 0.25) is 0 Å². The lowest BCUT2D eigenvalue weighted by molar-refractivity contribution is 1.09. The van der Waals surface area contributed by atoms with Gasteiger partial charge in [-0.05, 0) is 50.2 Å². The van der Waals surface area contributed by atoms with Gasteiger partial charge in [0.15, 0.2) is 0 Å². The predicted molar refractivity (Wildman–Crippen MR) is 273 cm³/mol. The molecule has 314 valence electrons. The van der Waals surface area contributed by atoms with Crippen molar-refractivity contribution in [1.82, 2.24) is 19.9 Å². The number of rotatable bonds is 10. The number of fused-ring (bicyclic) bond motifs is 2. The lowest BCUT2D eigenvalue weighted by Gasteiger charge is -2.31. The Bertz CT molecular complexity index is 3060. The van der Waals surface area contributed by atoms with Gasteiger partial charge in [0.2, 0.25) is 11.9 Å². The summed E-state index contributed by atoms with van der Waals surface area (Å²) in [5.41, 5.74) is 13.5. The smallest absolute Gasteiger partial charge is 0.235 e. The minimum atomic E-state index is 0.559. The van der Waals surface area contributed by atoms with Crippen LogP contribution in [-0.4, -0.2) is 19.9 Å². The van der Waals surface area contributed by atoms with Gasteiger partial charge < -0.3 is 0 Å². The first kappa shape index (κ1) is 40.1. The van der Waals surface area contributed by atoms with Crippen molar-refractivity contribution in [3.8, 4) is 45.0 Å². The van der Waals surface area contributed by atoms with Crippen LogP contribution in [0.15, 0.2) is 231 Å². The molecule has 0 aliphatic heterocycles. The molecule has 11 rings (SSSR count). The first-order chi connectivity index (χ1) is 32.6. The van der Waals surface area contributed by atoms with E-state index in [0.717, 1.165) is 100 Å². The molecule has 0 unspecified atom stereocenters. The Kier molecular flexibility index (Phi) is 10.6. The molecule has 11 aromatic rings. The van der Waals surface area contributed by atoms with Crippen molar-refractivity contribution in [3.05, 3.63) is 242 Å². The largest absolute Gasteiger partial charge is 0.278 e. The lowest BCUT2D eigenvalue weighted by atomic mass is 9.96. The Morgan fingerprint density at radius 1 is 0.273 bits per heavy atom. The van der Waals surface area contributed by atoms with Crippen molar-refractivity contribution in [3.63, 3.8) is 0 Å². The Hall–Kier alpha value is -8.74. The molecule has 0 aliphatic rings. The van der Waals surface area contributed by atoms with Crippen LogP contribution in [0, 0.1) is 13.8 Å². The SMILES string of the molecule is Cc1ccc(N(c2nc(-c3ccccc3)cc(-c3ccccc3)n2)c2c3ccccc3c(N(c3ccc(C)cc3)c3nc(-c4ccccc4)cc(-c4ccccc4)n3)c3ccccc23)cc1. The van der Waals surface area contributed by atoms with Crippen LogP contribution in [0.4, 0.5) is 34.6 Å². The number of aryl methyl sites for hydroxylation is 2. The molecule has 0 saturated heterocycles. The molecular formula is C60H44N6. The van der Waals surface area contributed by atoms with Gasteiger partial charge in [-0.2, -0.15) is 0 Å². The average Bonchev–Trinajstić information content (AvgIpc) is 3.39. The summed E-state index contributed by atoms with van der Waals surface area (Å²) < 4.78 is 0. The second-order valence-electron chi connectivity index (χ2n) is 16.5. The highest BCUT2D eigenvalue weighted by Crippen LogP contribution is 2.50. The molecule has 6 nitrogen and oxygen atoms in total. The third-order valence-corrected chi connectivity index (χ3v) is 12.0. The summed E-state index contributed by atoms with van der Waals surface area (Å²) in [4.78, 5) is 26.2. The number of nitrogens with zero attached hydrogens (tertiary/aromatic N) is 6. The van der Waals surface area contributed by atoms with E-state index in [4.69, 9.17) is 19.9 Å². The Balaban J connectivity index is 1.23. The van der Waals surface area contributed by atoms with E-state index >= 15 is 0 Å². The molecule has 0 amide bonds. The van der Waals surface area contributed by atoms with Gasteiger partial charge in [0, 0.05) is 55.2 Å². The Morgan fingerprint density at radius 3 is 0.773 bits per heavy atom. The normalized spacial score (nSPS) is 11.2. The van der Waals surface area contributed by atoms with E-state index in [1.807, 2.05) is 24.3 Å². The zero-order valence-electron chi connectivity index (χ0n) is 36.6. The summed E-state index contributed by atoms with van der Waals surface area (Å²) in [5.74, 6) is 1.12. The van der Waals surface area contributed by atoms with Gasteiger partial charge in [0.1, 0.15) is 0 Å². The number of hydrogen-bond acceptors (Lipinski definition) is 6. The molecule has 0 fully saturated rings. The van der Waals surface area contributed by atoms with Crippen LogP contribution in [0.3, 0.4) is 0 Å². The van der Waals surface area contributed by atoms with E-state index in [0.29, 0.717) is 11.9 Å². The van der Waals surface area contributed by atoms with E-state index in [1.165, 1.54) is 0 Å². The van der Waals surface area contributed by atoms with Gasteiger partial charge >= 0.3 is 0 Å². The topological polar surface area (TPSA) is 58.0 Å². The predicted octanol–water partition coefficient (Wildman–Crippen LogP) is 15.8. The van der Waals surface area contributed by atoms with Gasteiger partial charge in [-0.3, -0.25) is 9.80 Å². The first-order valence-electron chi connectivity index (χ1n) is 22.2. The fourth-order valence-corrected chi connectivity index (χ4v) is 8.74. The molecule has 0 bridgehead atoms. The van der Waals surface area contributed by atoms with Crippen LogP contribution in [0.1, 0.15) is 11.1 Å². The molecule has 2 aromatic heterocycles. The standard InChI is InChI=1S/C60H44N6/c1-41-31-35-47(36-32-41)65(59-61-53(43-19-7-3-8-20-43)39-54(62-59)44-21-9-4-10-22-44)57-49-27-15-17-29-51(49)58(52-30-18-16-28-50(52)57)66(48-37-33-42(2)34-38-48)60-63-55(45-23-11-5-12-24-45)40-56(64-60)46-25-13-6-14-26-46/h3-40H,1-2H3. The van der Waals surface area contributed by atoms with Crippen molar-refractivity contribution in [2.24, 2.45) is 0 Å². The molecular weight excluding hydrogens is 805 g/mol. The molecule has 66 heavy (non-hydrogen) atoms. The van der Waals surface area contributed by atoms with Crippen molar-refractivity contribution >= 4 is 56.2 Å². The van der Waals surface area contributed by atoms with Crippen LogP contribution in [0.5, 0.6) is 0 Å². The number of hydrogen-bond donors (Lipinski definition) is 0. The molecule has 0 radical (unpaired) electrons. The van der Waals surface area contributed by atoms with Crippen LogP contribution < -0.4 is 9.80 Å². The Morgan fingerprint density at radius 2 is 0.515 bits per heavy atom. The van der Waals surface area contributed by atoms with Crippen LogP contribution in [0.25, 0.3) is 66.6 Å². The van der Waals surface area contributed by atoms with E-state index in [1.54, 1.807) is 0 Å². The summed E-state index contributed by atoms with van der Waals surface area (Å²) in [7, 11) is 0. The summed E-state index contributed by atoms with van der Waals surface area (Å²) in [5, 5.41) is 4.06. The maximum absolute atomic E-state index is 5.44. The van der Waals surface area contributed by atoms with Crippen molar-refractivity contribution in [2.45, 2.75) is 13.8 Å². The Labute approximate surface area is 384 Å². The molecule has 0 aliphatic carbocycles. The monoisotopic (exact) mass is 848 g/mol. The number of benzene rings is 9. The maximum Gasteiger partial charge on any atom is 0.235 e. The zero-order valence-corrected chi connectivity index (χ0v) is 36.6. The van der Waals surface area contributed by atoms with Crippen LogP contribution in [-0.2, 0) is 0 Å². The highest BCUT2D eigenvalue weighted by atomic mass is 15.3. The van der Waals surface area contributed by atoms with Crippen molar-refractivity contribution in [1.29, 1.82) is 0 Å². The van der Waals surface area contributed by atoms with Gasteiger partial charge in [-0.15, -0.1) is 0 Å². The first-order valence-corrected chi connectivity index (χ1v) is 22.2. The van der Waals surface area contributed by atoms with Gasteiger partial charge in [0.25, 0.3) is 0 Å². The highest BCUT2D eigenvalue weighted by Gasteiger charge is 2.29. The minimum Gasteiger partial charge on any atom is -0.278 e. The van der Waals surface area contributed by atoms with E-state index in [2.05, 4.69) is 230 Å². The summed E-state index contributed by atoms with van der Waals surface area (Å²) >= 11 is 0. The van der Waals surface area contributed by atoms with Gasteiger partial charge in [0.05, 0.1) is 34.2 Å². The minimum absolute atomic E-state index is 0.559. The number of aromatic nitrogens is 4. The third-order valence-electron chi connectivity index (χ3n) is 12.0. The lowest BCUT2D eigenvalue weighted by Crippen LogP contribution is -2.18. The molecule has 0 atom stereocenters. The molecule has 0 N–H and O–H groups in total. The van der Waals surface area contributed by atoms with E-state index in [-0.39, 0.29) is 0 Å². The third kappa shape index (κ3) is 7.71. The van der Waals surface area contributed by atoms with Crippen molar-refractivity contribution < 1.29 is 0 Å². The second kappa shape index (κ2) is 17.4. The molecule has 2 heterocycles. The fraction of sp³-hybridized carbons (Fsp3) is 0.0333. The van der Waals surface area contributed by atoms with Crippen molar-refractivity contribution in [2.75, 3.05) is 9.80 Å². The molecule has 6 heteroatoms. The summed E-state index contributed by atoms with van der Waals surface area (Å²) in [6, 6.07) is 80.2. The van der Waals surface area contributed by atoms with Gasteiger partial charge in [-0.25, -0.2) is 19.9 Å². The highest BCUT2D eigenvalue weighted by molar-refractivity contribution is 6.23. The molecule has 0 saturated carbocycles. The molecule has 9 aromatic carbocycles. The van der Waals surface area contributed by atoms with E-state index < -0.39 is 0 Å². The number of anilines is 6. The maximum atomic E-state index is 5.44. The second-order valence-corrected chi connectivity index (χ2v) is 16.5. The summed E-state index contributed by atoms with van der Waals surface area (Å²) in [6.07, 6.45) is 0. The van der Waals surface area contributed by atoms with Gasteiger partial charge in [-0.1, -0.05) is 205 Å². The average molecular weight is 849 g/mol. The summed E-state index contributed by atoms with van der Waals surface area (Å²) in [6.45, 7) is 4.23. The van der Waals surface area contributed by atoms with Crippen LogP contribution >= 0.6 is 0 Å². The van der Waals surface area contributed by atoms with E-state index in [9.17, 15) is 0 Å². The fourth-order valence-electron chi connectivity index (χ4n) is 8.74. The molecule has 0 spiro atoms. The quantitative estimate of drug-likeness (QED) is 0.101.